The molecule has 390 valence electrons. The third-order valence-corrected chi connectivity index (χ3v) is 18.3. The van der Waals surface area contributed by atoms with Gasteiger partial charge in [-0.25, -0.2) is 0 Å². The molecule has 0 saturated heterocycles. The zero-order chi connectivity index (χ0) is 55.2. The van der Waals surface area contributed by atoms with Crippen molar-refractivity contribution in [3.05, 3.63) is 314 Å². The summed E-state index contributed by atoms with van der Waals surface area (Å²) in [5.41, 5.74) is 25.4. The Morgan fingerprint density at radius 3 is 1.27 bits per heavy atom. The standard InChI is InChI=1S/C84H54/c1-3-17-53(18-4-1)56-33-38-58(39-34-56)80-71-29-13-14-30-72(71)84(75-48-47-74-67-26-10-9-25-66(67)68-31-16-32-73(75)83(68)74)79-52-64(44-46-77(79)80)63-43-45-76-78(51-63)81(59-40-35-57(36-41-59)62-24-15-23-61(49-62)54-19-5-2-6-20-54)69-27-11-12-28-70(69)82(76)65-42-37-55-21-7-8-22-60(55)50-65/h1-35,37-40,42-52H,36,41H2. The second kappa shape index (κ2) is 19.5. The number of hydrogen-bond donors (Lipinski definition) is 0. The van der Waals surface area contributed by atoms with Crippen LogP contribution in [0, 0.1) is 0 Å². The molecule has 15 aromatic carbocycles. The van der Waals surface area contributed by atoms with Gasteiger partial charge in [0.25, 0.3) is 0 Å². The van der Waals surface area contributed by atoms with E-state index in [0.717, 1.165) is 12.8 Å². The monoisotopic (exact) mass is 1060 g/mol. The summed E-state index contributed by atoms with van der Waals surface area (Å²) in [6, 6.07) is 109. The summed E-state index contributed by atoms with van der Waals surface area (Å²) in [7, 11) is 0. The number of fused-ring (bicyclic) bond motifs is 8. The summed E-state index contributed by atoms with van der Waals surface area (Å²) in [6.45, 7) is 0. The van der Waals surface area contributed by atoms with Crippen LogP contribution in [0.25, 0.3) is 165 Å². The van der Waals surface area contributed by atoms with Gasteiger partial charge in [0, 0.05) is 0 Å². The first-order valence-electron chi connectivity index (χ1n) is 29.5. The molecule has 2 aliphatic carbocycles. The van der Waals surface area contributed by atoms with Gasteiger partial charge in [0.2, 0.25) is 0 Å². The first kappa shape index (κ1) is 48.1. The van der Waals surface area contributed by atoms with Crippen LogP contribution in [0.4, 0.5) is 0 Å². The predicted octanol–water partition coefficient (Wildman–Crippen LogP) is 23.5. The van der Waals surface area contributed by atoms with E-state index in [1.54, 1.807) is 0 Å². The summed E-state index contributed by atoms with van der Waals surface area (Å²) in [5.74, 6) is 0. The molecule has 0 heterocycles. The Balaban J connectivity index is 0.906. The summed E-state index contributed by atoms with van der Waals surface area (Å²) in [4.78, 5) is 0. The van der Waals surface area contributed by atoms with Crippen molar-refractivity contribution in [2.45, 2.75) is 12.8 Å². The molecule has 0 unspecified atom stereocenters. The molecule has 0 amide bonds. The molecule has 0 bridgehead atoms. The highest BCUT2D eigenvalue weighted by Crippen LogP contribution is 2.53. The minimum absolute atomic E-state index is 0.932. The molecule has 0 heteroatoms. The fourth-order valence-electron chi connectivity index (χ4n) is 14.4. The van der Waals surface area contributed by atoms with E-state index in [1.165, 1.54) is 176 Å². The highest BCUT2D eigenvalue weighted by molar-refractivity contribution is 6.27. The van der Waals surface area contributed by atoms with Crippen LogP contribution in [-0.2, 0) is 0 Å². The van der Waals surface area contributed by atoms with E-state index in [1.807, 2.05) is 0 Å². The number of rotatable bonds is 8. The summed E-state index contributed by atoms with van der Waals surface area (Å²) in [5, 5.41) is 15.2. The van der Waals surface area contributed by atoms with Gasteiger partial charge in [-0.05, 0) is 213 Å². The molecular weight excluding hydrogens is 1010 g/mol. The number of hydrogen-bond acceptors (Lipinski definition) is 0. The molecule has 17 rings (SSSR count). The van der Waals surface area contributed by atoms with Crippen molar-refractivity contribution in [1.82, 2.24) is 0 Å². The third-order valence-electron chi connectivity index (χ3n) is 18.3. The Hall–Kier alpha value is -10.7. The Labute approximate surface area is 489 Å². The van der Waals surface area contributed by atoms with Gasteiger partial charge in [-0.15, -0.1) is 0 Å². The Bertz CT molecular complexity index is 5240. The minimum Gasteiger partial charge on any atom is -0.0622 e. The van der Waals surface area contributed by atoms with Crippen LogP contribution in [0.2, 0.25) is 0 Å². The second-order valence-electron chi connectivity index (χ2n) is 22.9. The maximum atomic E-state index is 2.52. The molecular formula is C84H54. The van der Waals surface area contributed by atoms with Crippen molar-refractivity contribution in [3.63, 3.8) is 0 Å². The van der Waals surface area contributed by atoms with Crippen LogP contribution in [0.1, 0.15) is 24.0 Å². The quantitative estimate of drug-likeness (QED) is 0.133. The van der Waals surface area contributed by atoms with Gasteiger partial charge in [0.05, 0.1) is 0 Å². The maximum Gasteiger partial charge on any atom is -0.00199 e. The molecule has 0 spiro atoms. The fraction of sp³-hybridized carbons (Fsp3) is 0.0238. The van der Waals surface area contributed by atoms with E-state index >= 15 is 0 Å². The molecule has 2 aliphatic rings. The molecule has 0 fully saturated rings. The summed E-state index contributed by atoms with van der Waals surface area (Å²) < 4.78 is 0. The molecule has 0 saturated carbocycles. The highest BCUT2D eigenvalue weighted by atomic mass is 14.3. The van der Waals surface area contributed by atoms with E-state index in [-0.39, 0.29) is 0 Å². The largest absolute Gasteiger partial charge is 0.0622 e. The molecule has 0 radical (unpaired) electrons. The van der Waals surface area contributed by atoms with Crippen LogP contribution < -0.4 is 0 Å². The van der Waals surface area contributed by atoms with Gasteiger partial charge < -0.3 is 0 Å². The lowest BCUT2D eigenvalue weighted by atomic mass is 9.81. The van der Waals surface area contributed by atoms with E-state index in [2.05, 4.69) is 303 Å². The number of allylic oxidation sites excluding steroid dienone is 4. The van der Waals surface area contributed by atoms with Crippen molar-refractivity contribution in [2.24, 2.45) is 0 Å². The van der Waals surface area contributed by atoms with Gasteiger partial charge >= 0.3 is 0 Å². The molecule has 0 atom stereocenters. The van der Waals surface area contributed by atoms with Gasteiger partial charge in [0.1, 0.15) is 0 Å². The van der Waals surface area contributed by atoms with E-state index < -0.39 is 0 Å². The van der Waals surface area contributed by atoms with Gasteiger partial charge in [-0.1, -0.05) is 279 Å². The molecule has 84 heavy (non-hydrogen) atoms. The average molecular weight is 1060 g/mol. The van der Waals surface area contributed by atoms with Gasteiger partial charge in [-0.2, -0.15) is 0 Å². The second-order valence-corrected chi connectivity index (χ2v) is 22.9. The lowest BCUT2D eigenvalue weighted by molar-refractivity contribution is 1.08. The number of benzene rings is 15. The normalized spacial score (nSPS) is 12.8. The topological polar surface area (TPSA) is 0 Å². The summed E-state index contributed by atoms with van der Waals surface area (Å²) in [6.07, 6.45) is 6.70. The van der Waals surface area contributed by atoms with Gasteiger partial charge in [0.15, 0.2) is 0 Å². The zero-order valence-electron chi connectivity index (χ0n) is 46.3. The Morgan fingerprint density at radius 2 is 0.595 bits per heavy atom. The van der Waals surface area contributed by atoms with Crippen LogP contribution in [0.5, 0.6) is 0 Å². The van der Waals surface area contributed by atoms with Crippen molar-refractivity contribution < 1.29 is 0 Å². The average Bonchev–Trinajstić information content (AvgIpc) is 2.12. The van der Waals surface area contributed by atoms with Crippen LogP contribution in [0.15, 0.2) is 303 Å². The van der Waals surface area contributed by atoms with E-state index in [9.17, 15) is 0 Å². The van der Waals surface area contributed by atoms with Crippen LogP contribution in [-0.4, -0.2) is 0 Å². The lowest BCUT2D eigenvalue weighted by Gasteiger charge is -2.23. The van der Waals surface area contributed by atoms with Crippen molar-refractivity contribution >= 4 is 75.8 Å². The van der Waals surface area contributed by atoms with Crippen molar-refractivity contribution in [3.8, 4) is 89.0 Å². The lowest BCUT2D eigenvalue weighted by Crippen LogP contribution is -1.98. The van der Waals surface area contributed by atoms with Gasteiger partial charge in [-0.3, -0.25) is 0 Å². The first-order chi connectivity index (χ1) is 41.7. The van der Waals surface area contributed by atoms with E-state index in [4.69, 9.17) is 0 Å². The van der Waals surface area contributed by atoms with Crippen LogP contribution >= 0.6 is 0 Å². The molecule has 15 aromatic rings. The smallest absolute Gasteiger partial charge is 0.00199 e. The minimum atomic E-state index is 0.932. The van der Waals surface area contributed by atoms with Crippen LogP contribution in [0.3, 0.4) is 0 Å². The molecule has 0 aromatic heterocycles. The molecule has 0 nitrogen and oxygen atoms in total. The summed E-state index contributed by atoms with van der Waals surface area (Å²) >= 11 is 0. The third kappa shape index (κ3) is 7.76. The molecule has 0 N–H and O–H groups in total. The van der Waals surface area contributed by atoms with Crippen molar-refractivity contribution in [1.29, 1.82) is 0 Å². The zero-order valence-corrected chi connectivity index (χ0v) is 46.3. The maximum absolute atomic E-state index is 2.52. The van der Waals surface area contributed by atoms with E-state index in [0.29, 0.717) is 0 Å². The fourth-order valence-corrected chi connectivity index (χ4v) is 14.4. The molecule has 0 aliphatic heterocycles. The predicted molar refractivity (Wildman–Crippen MR) is 360 cm³/mol. The highest BCUT2D eigenvalue weighted by Gasteiger charge is 2.26. The SMILES string of the molecule is C1=C(c2cccc(-c3ccccc3)c2)CCC(c2c3ccccc3c(-c3ccc4ccccc4c3)c3ccc(-c4ccc5c(-c6ccc(-c7ccccc7)cc6)c6ccccc6c(-c6ccc7c8c(cccc68)-c6ccccc6-7)c5c4)cc23)=C1. The van der Waals surface area contributed by atoms with Crippen molar-refractivity contribution in [2.75, 3.05) is 0 Å². The Morgan fingerprint density at radius 1 is 0.179 bits per heavy atom. The Kier molecular flexibility index (Phi) is 11.2. The first-order valence-corrected chi connectivity index (χ1v) is 29.5.